The number of para-hydroxylation sites is 2. The van der Waals surface area contributed by atoms with E-state index in [1.807, 2.05) is 24.3 Å². The van der Waals surface area contributed by atoms with Gasteiger partial charge in [-0.1, -0.05) is 32.1 Å². The molecule has 1 aliphatic rings. The van der Waals surface area contributed by atoms with Gasteiger partial charge >= 0.3 is 0 Å². The molecule has 140 valence electrons. The summed E-state index contributed by atoms with van der Waals surface area (Å²) in [5, 5.41) is 12.4. The van der Waals surface area contributed by atoms with Crippen molar-refractivity contribution < 1.29 is 4.79 Å². The second kappa shape index (κ2) is 8.17. The molecular weight excluding hydrogens is 338 g/mol. The van der Waals surface area contributed by atoms with Crippen LogP contribution in [0.1, 0.15) is 31.9 Å². The number of aromatic nitrogens is 2. The molecule has 1 fully saturated rings. The Morgan fingerprint density at radius 2 is 1.96 bits per heavy atom. The maximum Gasteiger partial charge on any atom is 0.243 e. The quantitative estimate of drug-likeness (QED) is 0.826. The third kappa shape index (κ3) is 4.08. The van der Waals surface area contributed by atoms with Gasteiger partial charge in [0.25, 0.3) is 0 Å². The van der Waals surface area contributed by atoms with Gasteiger partial charge in [0, 0.05) is 19.6 Å². The average Bonchev–Trinajstić information content (AvgIpc) is 2.65. The lowest BCUT2D eigenvalue weighted by molar-refractivity contribution is -0.121. The normalized spacial score (nSPS) is 20.7. The number of nitrogens with one attached hydrogen (secondary N) is 1. The zero-order valence-electron chi connectivity index (χ0n) is 15.9. The molecule has 1 N–H and O–H groups in total. The van der Waals surface area contributed by atoms with E-state index in [0.29, 0.717) is 35.4 Å². The van der Waals surface area contributed by atoms with Gasteiger partial charge in [-0.15, -0.1) is 6.58 Å². The summed E-state index contributed by atoms with van der Waals surface area (Å²) < 4.78 is 0. The van der Waals surface area contributed by atoms with E-state index >= 15 is 0 Å². The van der Waals surface area contributed by atoms with Gasteiger partial charge in [0.2, 0.25) is 5.91 Å². The number of carbonyl (C=O) groups excluding carboxylic acids is 1. The molecule has 2 aromatic rings. The fraction of sp³-hybridized carbons (Fsp3) is 0.429. The lowest BCUT2D eigenvalue weighted by Gasteiger charge is -2.36. The lowest BCUT2D eigenvalue weighted by Crippen LogP contribution is -2.40. The molecule has 3 atom stereocenters. The van der Waals surface area contributed by atoms with Crippen LogP contribution in [-0.4, -0.2) is 35.5 Å². The molecule has 0 radical (unpaired) electrons. The first-order valence-corrected chi connectivity index (χ1v) is 9.33. The Bertz CT molecular complexity index is 878. The van der Waals surface area contributed by atoms with Crippen molar-refractivity contribution in [2.24, 2.45) is 11.8 Å². The van der Waals surface area contributed by atoms with Crippen LogP contribution in [0, 0.1) is 23.2 Å². The van der Waals surface area contributed by atoms with Gasteiger partial charge in [0.1, 0.15) is 5.69 Å². The molecule has 0 bridgehead atoms. The predicted molar refractivity (Wildman–Crippen MR) is 106 cm³/mol. The molecule has 27 heavy (non-hydrogen) atoms. The third-order valence-corrected chi connectivity index (χ3v) is 4.83. The Balaban J connectivity index is 2.09. The molecule has 1 aromatic carbocycles. The summed E-state index contributed by atoms with van der Waals surface area (Å²) in [5.74, 6) is 0.299. The molecule has 0 saturated carbocycles. The minimum Gasteiger partial charge on any atom is -0.355 e. The van der Waals surface area contributed by atoms with Gasteiger partial charge in [0.05, 0.1) is 17.1 Å². The summed E-state index contributed by atoms with van der Waals surface area (Å²) in [6.45, 7) is 10.0. The zero-order valence-corrected chi connectivity index (χ0v) is 15.9. The number of nitriles is 1. The first-order valence-electron chi connectivity index (χ1n) is 9.33. The largest absolute Gasteiger partial charge is 0.355 e. The Morgan fingerprint density at radius 3 is 2.56 bits per heavy atom. The topological polar surface area (TPSA) is 81.9 Å². The molecule has 0 aliphatic carbocycles. The Hall–Kier alpha value is -2.94. The van der Waals surface area contributed by atoms with Crippen LogP contribution in [-0.2, 0) is 4.79 Å². The zero-order chi connectivity index (χ0) is 19.4. The van der Waals surface area contributed by atoms with Gasteiger partial charge in [-0.05, 0) is 30.4 Å². The number of carbonyl (C=O) groups is 1. The average molecular weight is 363 g/mol. The van der Waals surface area contributed by atoms with Crippen molar-refractivity contribution in [3.8, 4) is 6.07 Å². The van der Waals surface area contributed by atoms with Gasteiger partial charge in [-0.25, -0.2) is 9.97 Å². The molecule has 0 spiro atoms. The SMILES string of the molecule is C=CCNC(=O)[C@@H](C#N)c1nc2ccccc2nc1N1C[C@H](C)C[C@H](C)C1. The van der Waals surface area contributed by atoms with Crippen molar-refractivity contribution in [2.75, 3.05) is 24.5 Å². The second-order valence-electron chi connectivity index (χ2n) is 7.37. The molecule has 6 heteroatoms. The molecule has 0 unspecified atom stereocenters. The smallest absolute Gasteiger partial charge is 0.243 e. The summed E-state index contributed by atoms with van der Waals surface area (Å²) in [5.41, 5.74) is 1.88. The van der Waals surface area contributed by atoms with Crippen molar-refractivity contribution in [1.29, 1.82) is 5.26 Å². The summed E-state index contributed by atoms with van der Waals surface area (Å²) >= 11 is 0. The maximum absolute atomic E-state index is 12.6. The van der Waals surface area contributed by atoms with Crippen LogP contribution in [0.25, 0.3) is 11.0 Å². The van der Waals surface area contributed by atoms with Crippen LogP contribution < -0.4 is 10.2 Å². The number of anilines is 1. The number of nitrogens with zero attached hydrogens (tertiary/aromatic N) is 4. The van der Waals surface area contributed by atoms with Gasteiger partial charge in [-0.3, -0.25) is 4.79 Å². The number of amides is 1. The van der Waals surface area contributed by atoms with E-state index in [-0.39, 0.29) is 5.91 Å². The van der Waals surface area contributed by atoms with E-state index in [4.69, 9.17) is 4.98 Å². The van der Waals surface area contributed by atoms with E-state index < -0.39 is 5.92 Å². The van der Waals surface area contributed by atoms with E-state index in [1.54, 1.807) is 6.08 Å². The first-order chi connectivity index (χ1) is 13.0. The first kappa shape index (κ1) is 18.8. The molecule has 3 rings (SSSR count). The number of piperidine rings is 1. The van der Waals surface area contributed by atoms with Crippen molar-refractivity contribution in [1.82, 2.24) is 15.3 Å². The molecule has 1 amide bonds. The van der Waals surface area contributed by atoms with Crippen molar-refractivity contribution in [3.05, 3.63) is 42.6 Å². The summed E-state index contributed by atoms with van der Waals surface area (Å²) in [6.07, 6.45) is 2.75. The molecule has 1 saturated heterocycles. The monoisotopic (exact) mass is 363 g/mol. The molecule has 1 aliphatic heterocycles. The fourth-order valence-electron chi connectivity index (χ4n) is 3.79. The van der Waals surface area contributed by atoms with Crippen LogP contribution in [0.15, 0.2) is 36.9 Å². The maximum atomic E-state index is 12.6. The van der Waals surface area contributed by atoms with Crippen molar-refractivity contribution in [3.63, 3.8) is 0 Å². The summed E-state index contributed by atoms with van der Waals surface area (Å²) in [6, 6.07) is 9.68. The van der Waals surface area contributed by atoms with Crippen LogP contribution >= 0.6 is 0 Å². The third-order valence-electron chi connectivity index (χ3n) is 4.83. The Morgan fingerprint density at radius 1 is 1.33 bits per heavy atom. The lowest BCUT2D eigenvalue weighted by atomic mass is 9.91. The fourth-order valence-corrected chi connectivity index (χ4v) is 3.79. The number of hydrogen-bond donors (Lipinski definition) is 1. The summed E-state index contributed by atoms with van der Waals surface area (Å²) in [4.78, 5) is 24.2. The van der Waals surface area contributed by atoms with E-state index in [9.17, 15) is 10.1 Å². The van der Waals surface area contributed by atoms with Gasteiger partial charge in [-0.2, -0.15) is 5.26 Å². The highest BCUT2D eigenvalue weighted by Gasteiger charge is 2.31. The highest BCUT2D eigenvalue weighted by Crippen LogP contribution is 2.31. The number of rotatable bonds is 5. The Kier molecular flexibility index (Phi) is 5.70. The van der Waals surface area contributed by atoms with Crippen LogP contribution in [0.2, 0.25) is 0 Å². The van der Waals surface area contributed by atoms with Gasteiger partial charge < -0.3 is 10.2 Å². The van der Waals surface area contributed by atoms with Crippen LogP contribution in [0.3, 0.4) is 0 Å². The number of fused-ring (bicyclic) bond motifs is 1. The number of benzene rings is 1. The highest BCUT2D eigenvalue weighted by molar-refractivity contribution is 5.89. The predicted octanol–water partition coefficient (Wildman–Crippen LogP) is 3.02. The van der Waals surface area contributed by atoms with E-state index in [2.05, 4.69) is 41.7 Å². The van der Waals surface area contributed by atoms with Gasteiger partial charge in [0.15, 0.2) is 11.7 Å². The van der Waals surface area contributed by atoms with E-state index in [1.165, 1.54) is 0 Å². The van der Waals surface area contributed by atoms with Crippen LogP contribution in [0.4, 0.5) is 5.82 Å². The van der Waals surface area contributed by atoms with Crippen molar-refractivity contribution >= 4 is 22.8 Å². The molecular formula is C21H25N5O. The molecule has 1 aromatic heterocycles. The highest BCUT2D eigenvalue weighted by atomic mass is 16.1. The minimum atomic E-state index is -1.01. The standard InChI is InChI=1S/C21H25N5O/c1-4-9-23-21(27)16(11-22)19-20(26-12-14(2)10-15(3)13-26)25-18-8-6-5-7-17(18)24-19/h4-8,14-16H,1,9-10,12-13H2,2-3H3,(H,23,27)/t14-,15+,16-/m0/s1. The Labute approximate surface area is 159 Å². The minimum absolute atomic E-state index is 0.311. The second-order valence-corrected chi connectivity index (χ2v) is 7.37. The van der Waals surface area contributed by atoms with E-state index in [0.717, 1.165) is 25.0 Å². The molecule has 2 heterocycles. The molecule has 6 nitrogen and oxygen atoms in total. The summed E-state index contributed by atoms with van der Waals surface area (Å²) in [7, 11) is 0. The van der Waals surface area contributed by atoms with Crippen molar-refractivity contribution in [2.45, 2.75) is 26.2 Å². The number of hydrogen-bond acceptors (Lipinski definition) is 5. The van der Waals surface area contributed by atoms with Crippen LogP contribution in [0.5, 0.6) is 0 Å².